The summed E-state index contributed by atoms with van der Waals surface area (Å²) >= 11 is 0. The fourth-order valence-corrected chi connectivity index (χ4v) is 2.06. The van der Waals surface area contributed by atoms with E-state index in [1.54, 1.807) is 30.3 Å². The maximum atomic E-state index is 13.4. The standard InChI is InChI=1S/C16H16FNO3/c1-10(11-7-8-13(17)15(9-11)21-2)18-14-6-4-3-5-12(14)16(19)20/h3-10,18H,1-2H3,(H,19,20). The highest BCUT2D eigenvalue weighted by atomic mass is 19.1. The number of benzene rings is 2. The van der Waals surface area contributed by atoms with Crippen LogP contribution in [0.4, 0.5) is 10.1 Å². The first-order chi connectivity index (χ1) is 10.0. The molecule has 2 N–H and O–H groups in total. The third kappa shape index (κ3) is 3.31. The summed E-state index contributed by atoms with van der Waals surface area (Å²) in [6, 6.07) is 11.0. The fourth-order valence-electron chi connectivity index (χ4n) is 2.06. The number of ether oxygens (including phenoxy) is 1. The van der Waals surface area contributed by atoms with Crippen molar-refractivity contribution in [2.75, 3.05) is 12.4 Å². The van der Waals surface area contributed by atoms with Crippen LogP contribution in [0.5, 0.6) is 5.75 Å². The van der Waals surface area contributed by atoms with Crippen LogP contribution in [0.25, 0.3) is 0 Å². The van der Waals surface area contributed by atoms with Crippen molar-refractivity contribution in [1.29, 1.82) is 0 Å². The van der Waals surface area contributed by atoms with E-state index in [-0.39, 0.29) is 17.4 Å². The highest BCUT2D eigenvalue weighted by Crippen LogP contribution is 2.26. The zero-order valence-electron chi connectivity index (χ0n) is 11.8. The molecule has 4 nitrogen and oxygen atoms in total. The predicted octanol–water partition coefficient (Wildman–Crippen LogP) is 3.71. The first kappa shape index (κ1) is 14.8. The van der Waals surface area contributed by atoms with Gasteiger partial charge in [-0.25, -0.2) is 9.18 Å². The molecule has 2 aromatic carbocycles. The van der Waals surface area contributed by atoms with E-state index in [2.05, 4.69) is 5.32 Å². The van der Waals surface area contributed by atoms with Gasteiger partial charge in [-0.05, 0) is 36.8 Å². The number of anilines is 1. The largest absolute Gasteiger partial charge is 0.494 e. The Bertz CT molecular complexity index is 658. The Morgan fingerprint density at radius 1 is 1.29 bits per heavy atom. The molecule has 0 fully saturated rings. The van der Waals surface area contributed by atoms with E-state index in [4.69, 9.17) is 9.84 Å². The summed E-state index contributed by atoms with van der Waals surface area (Å²) in [6.45, 7) is 1.87. The second-order valence-corrected chi connectivity index (χ2v) is 4.61. The predicted molar refractivity (Wildman–Crippen MR) is 78.4 cm³/mol. The molecule has 0 saturated carbocycles. The molecule has 1 atom stereocenters. The summed E-state index contributed by atoms with van der Waals surface area (Å²) in [5, 5.41) is 12.3. The van der Waals surface area contributed by atoms with Gasteiger partial charge in [0.15, 0.2) is 11.6 Å². The molecule has 0 aliphatic rings. The van der Waals surface area contributed by atoms with Crippen LogP contribution >= 0.6 is 0 Å². The first-order valence-corrected chi connectivity index (χ1v) is 6.45. The van der Waals surface area contributed by atoms with Gasteiger partial charge in [0.2, 0.25) is 0 Å². The number of para-hydroxylation sites is 1. The monoisotopic (exact) mass is 289 g/mol. The molecule has 0 radical (unpaired) electrons. The highest BCUT2D eigenvalue weighted by Gasteiger charge is 2.13. The lowest BCUT2D eigenvalue weighted by Crippen LogP contribution is -2.11. The lowest BCUT2D eigenvalue weighted by molar-refractivity contribution is 0.0698. The normalized spacial score (nSPS) is 11.8. The van der Waals surface area contributed by atoms with E-state index in [0.717, 1.165) is 5.56 Å². The van der Waals surface area contributed by atoms with Crippen molar-refractivity contribution >= 4 is 11.7 Å². The maximum absolute atomic E-state index is 13.4. The average Bonchev–Trinajstić information content (AvgIpc) is 2.48. The molecule has 1 unspecified atom stereocenters. The molecule has 0 aliphatic carbocycles. The van der Waals surface area contributed by atoms with Crippen LogP contribution < -0.4 is 10.1 Å². The van der Waals surface area contributed by atoms with Crippen molar-refractivity contribution in [3.05, 3.63) is 59.4 Å². The molecule has 0 spiro atoms. The molecule has 2 aromatic rings. The minimum absolute atomic E-state index is 0.160. The topological polar surface area (TPSA) is 58.6 Å². The molecule has 0 aliphatic heterocycles. The Balaban J connectivity index is 2.26. The third-order valence-electron chi connectivity index (χ3n) is 3.20. The van der Waals surface area contributed by atoms with Crippen LogP contribution in [0.1, 0.15) is 28.9 Å². The van der Waals surface area contributed by atoms with Gasteiger partial charge in [-0.2, -0.15) is 0 Å². The zero-order chi connectivity index (χ0) is 15.4. The van der Waals surface area contributed by atoms with Gasteiger partial charge >= 0.3 is 5.97 Å². The van der Waals surface area contributed by atoms with Crippen molar-refractivity contribution < 1.29 is 19.0 Å². The summed E-state index contributed by atoms with van der Waals surface area (Å²) in [6.07, 6.45) is 0. The number of carboxylic acid groups (broad SMARTS) is 1. The Kier molecular flexibility index (Phi) is 4.42. The number of carboxylic acids is 1. The molecule has 0 amide bonds. The van der Waals surface area contributed by atoms with Crippen molar-refractivity contribution in [1.82, 2.24) is 0 Å². The van der Waals surface area contributed by atoms with E-state index in [1.165, 1.54) is 19.2 Å². The van der Waals surface area contributed by atoms with E-state index in [9.17, 15) is 9.18 Å². The lowest BCUT2D eigenvalue weighted by Gasteiger charge is -2.18. The number of carbonyl (C=O) groups is 1. The molecule has 5 heteroatoms. The van der Waals surface area contributed by atoms with Crippen molar-refractivity contribution in [3.8, 4) is 5.75 Å². The van der Waals surface area contributed by atoms with Crippen LogP contribution in [-0.2, 0) is 0 Å². The highest BCUT2D eigenvalue weighted by molar-refractivity contribution is 5.94. The molecule has 0 aromatic heterocycles. The van der Waals surface area contributed by atoms with Gasteiger partial charge < -0.3 is 15.2 Å². The average molecular weight is 289 g/mol. The van der Waals surface area contributed by atoms with Gasteiger partial charge in [-0.15, -0.1) is 0 Å². The van der Waals surface area contributed by atoms with Crippen molar-refractivity contribution in [3.63, 3.8) is 0 Å². The summed E-state index contributed by atoms with van der Waals surface area (Å²) in [5.41, 5.74) is 1.51. The van der Waals surface area contributed by atoms with Gasteiger partial charge in [-0.1, -0.05) is 18.2 Å². The van der Waals surface area contributed by atoms with Crippen LogP contribution in [0.2, 0.25) is 0 Å². The fraction of sp³-hybridized carbons (Fsp3) is 0.188. The Labute approximate surface area is 122 Å². The number of nitrogens with one attached hydrogen (secondary N) is 1. The molecule has 0 bridgehead atoms. The molecule has 0 heterocycles. The minimum Gasteiger partial charge on any atom is -0.494 e. The number of halogens is 1. The van der Waals surface area contributed by atoms with E-state index >= 15 is 0 Å². The summed E-state index contributed by atoms with van der Waals surface area (Å²) in [5.74, 6) is -1.27. The Morgan fingerprint density at radius 3 is 2.67 bits per heavy atom. The second kappa shape index (κ2) is 6.26. The van der Waals surface area contributed by atoms with Crippen LogP contribution in [0.3, 0.4) is 0 Å². The second-order valence-electron chi connectivity index (χ2n) is 4.61. The number of rotatable bonds is 5. The quantitative estimate of drug-likeness (QED) is 0.881. The van der Waals surface area contributed by atoms with Crippen molar-refractivity contribution in [2.45, 2.75) is 13.0 Å². The van der Waals surface area contributed by atoms with Gasteiger partial charge in [0, 0.05) is 11.7 Å². The smallest absolute Gasteiger partial charge is 0.337 e. The summed E-state index contributed by atoms with van der Waals surface area (Å²) < 4.78 is 18.4. The Morgan fingerprint density at radius 2 is 2.00 bits per heavy atom. The Hall–Kier alpha value is -2.56. The molecule has 110 valence electrons. The third-order valence-corrected chi connectivity index (χ3v) is 3.20. The molecular weight excluding hydrogens is 273 g/mol. The zero-order valence-corrected chi connectivity index (χ0v) is 11.8. The SMILES string of the molecule is COc1cc(C(C)Nc2ccccc2C(=O)O)ccc1F. The lowest BCUT2D eigenvalue weighted by atomic mass is 10.1. The van der Waals surface area contributed by atoms with Crippen molar-refractivity contribution in [2.24, 2.45) is 0 Å². The number of hydrogen-bond acceptors (Lipinski definition) is 3. The molecule has 0 saturated heterocycles. The van der Waals surface area contributed by atoms with Crippen LogP contribution in [0, 0.1) is 5.82 Å². The first-order valence-electron chi connectivity index (χ1n) is 6.45. The summed E-state index contributed by atoms with van der Waals surface area (Å²) in [7, 11) is 1.40. The van der Waals surface area contributed by atoms with Gasteiger partial charge in [0.1, 0.15) is 0 Å². The van der Waals surface area contributed by atoms with Gasteiger partial charge in [0.25, 0.3) is 0 Å². The van der Waals surface area contributed by atoms with E-state index in [0.29, 0.717) is 5.69 Å². The van der Waals surface area contributed by atoms with Crippen LogP contribution in [-0.4, -0.2) is 18.2 Å². The maximum Gasteiger partial charge on any atom is 0.337 e. The molecular formula is C16H16FNO3. The van der Waals surface area contributed by atoms with Crippen LogP contribution in [0.15, 0.2) is 42.5 Å². The number of aromatic carboxylic acids is 1. The summed E-state index contributed by atoms with van der Waals surface area (Å²) in [4.78, 5) is 11.2. The van der Waals surface area contributed by atoms with Gasteiger partial charge in [0.05, 0.1) is 12.7 Å². The molecule has 21 heavy (non-hydrogen) atoms. The van der Waals surface area contributed by atoms with E-state index in [1.807, 2.05) is 6.92 Å². The molecule has 2 rings (SSSR count). The van der Waals surface area contributed by atoms with Gasteiger partial charge in [-0.3, -0.25) is 0 Å². The number of methoxy groups -OCH3 is 1. The number of hydrogen-bond donors (Lipinski definition) is 2. The van der Waals surface area contributed by atoms with E-state index < -0.39 is 11.8 Å². The minimum atomic E-state index is -0.998.